The Kier molecular flexibility index (Phi) is 7.37. The summed E-state index contributed by atoms with van der Waals surface area (Å²) in [6, 6.07) is 13.9. The highest BCUT2D eigenvalue weighted by molar-refractivity contribution is 5.90. The van der Waals surface area contributed by atoms with Gasteiger partial charge in [-0.3, -0.25) is 5.32 Å². The summed E-state index contributed by atoms with van der Waals surface area (Å²) in [6.07, 6.45) is 2.30. The third-order valence-electron chi connectivity index (χ3n) is 4.86. The quantitative estimate of drug-likeness (QED) is 0.653. The Labute approximate surface area is 175 Å². The molecule has 2 aromatic rings. The Morgan fingerprint density at radius 1 is 0.900 bits per heavy atom. The van der Waals surface area contributed by atoms with Crippen LogP contribution in [0.15, 0.2) is 48.5 Å². The van der Waals surface area contributed by atoms with E-state index in [0.717, 1.165) is 19.3 Å². The highest BCUT2D eigenvalue weighted by Gasteiger charge is 2.26. The van der Waals surface area contributed by atoms with Crippen LogP contribution in [-0.4, -0.2) is 38.5 Å². The minimum Gasteiger partial charge on any atom is -0.497 e. The van der Waals surface area contributed by atoms with Crippen molar-refractivity contribution in [1.82, 2.24) is 5.32 Å². The van der Waals surface area contributed by atoms with Gasteiger partial charge in [-0.2, -0.15) is 0 Å². The normalized spacial score (nSPS) is 18.1. The minimum atomic E-state index is -0.486. The van der Waals surface area contributed by atoms with Crippen LogP contribution < -0.4 is 25.4 Å². The molecule has 2 atom stereocenters. The molecule has 1 fully saturated rings. The zero-order valence-corrected chi connectivity index (χ0v) is 17.1. The lowest BCUT2D eigenvalue weighted by atomic mass is 9.93. The molecule has 1 aliphatic carbocycles. The Morgan fingerprint density at radius 3 is 2.27 bits per heavy atom. The molecule has 2 aromatic carbocycles. The number of methoxy groups -OCH3 is 2. The molecule has 0 saturated heterocycles. The summed E-state index contributed by atoms with van der Waals surface area (Å²) in [4.78, 5) is 24.5. The number of para-hydroxylation sites is 1. The molecule has 0 aromatic heterocycles. The van der Waals surface area contributed by atoms with Crippen LogP contribution in [0.5, 0.6) is 11.5 Å². The highest BCUT2D eigenvalue weighted by Crippen LogP contribution is 2.26. The van der Waals surface area contributed by atoms with Crippen molar-refractivity contribution in [1.29, 1.82) is 0 Å². The second kappa shape index (κ2) is 10.4. The van der Waals surface area contributed by atoms with Gasteiger partial charge >= 0.3 is 12.1 Å². The number of hydrogen-bond donors (Lipinski definition) is 3. The van der Waals surface area contributed by atoms with E-state index >= 15 is 0 Å². The van der Waals surface area contributed by atoms with Crippen LogP contribution in [-0.2, 0) is 4.74 Å². The number of urea groups is 1. The van der Waals surface area contributed by atoms with Crippen LogP contribution in [0.25, 0.3) is 0 Å². The monoisotopic (exact) mass is 413 g/mol. The van der Waals surface area contributed by atoms with Crippen LogP contribution in [0.4, 0.5) is 21.0 Å². The first kappa shape index (κ1) is 21.3. The molecule has 0 spiro atoms. The summed E-state index contributed by atoms with van der Waals surface area (Å²) in [6.45, 7) is 0. The Morgan fingerprint density at radius 2 is 1.60 bits per heavy atom. The topological polar surface area (TPSA) is 97.9 Å². The highest BCUT2D eigenvalue weighted by atomic mass is 16.6. The molecule has 0 radical (unpaired) electrons. The number of rotatable bonds is 6. The number of hydrogen-bond acceptors (Lipinski definition) is 5. The van der Waals surface area contributed by atoms with Gasteiger partial charge < -0.3 is 24.8 Å². The second-order valence-corrected chi connectivity index (χ2v) is 7.08. The number of carbonyl (C=O) groups excluding carboxylic acids is 2. The van der Waals surface area contributed by atoms with E-state index in [1.54, 1.807) is 44.6 Å². The third-order valence-corrected chi connectivity index (χ3v) is 4.86. The maximum absolute atomic E-state index is 12.4. The van der Waals surface area contributed by atoms with Crippen molar-refractivity contribution in [3.8, 4) is 11.5 Å². The fourth-order valence-electron chi connectivity index (χ4n) is 3.44. The van der Waals surface area contributed by atoms with Gasteiger partial charge in [0.25, 0.3) is 0 Å². The summed E-state index contributed by atoms with van der Waals surface area (Å²) in [5.74, 6) is 1.17. The van der Waals surface area contributed by atoms with Crippen molar-refractivity contribution >= 4 is 23.5 Å². The Hall–Kier alpha value is -3.42. The Bertz CT molecular complexity index is 837. The molecular formula is C22H27N3O5. The maximum atomic E-state index is 12.4. The molecule has 0 bridgehead atoms. The summed E-state index contributed by atoms with van der Waals surface area (Å²) >= 11 is 0. The molecule has 1 saturated carbocycles. The van der Waals surface area contributed by atoms with Crippen molar-refractivity contribution in [2.45, 2.75) is 37.8 Å². The third kappa shape index (κ3) is 6.30. The number of amides is 3. The van der Waals surface area contributed by atoms with Gasteiger partial charge in [-0.25, -0.2) is 9.59 Å². The van der Waals surface area contributed by atoms with Gasteiger partial charge in [0, 0.05) is 42.0 Å². The molecule has 0 heterocycles. The van der Waals surface area contributed by atoms with Crippen LogP contribution in [0, 0.1) is 0 Å². The number of nitrogens with one attached hydrogen (secondary N) is 3. The van der Waals surface area contributed by atoms with Crippen molar-refractivity contribution < 1.29 is 23.8 Å². The molecule has 1 aliphatic rings. The molecule has 8 nitrogen and oxygen atoms in total. The van der Waals surface area contributed by atoms with E-state index in [0.29, 0.717) is 29.3 Å². The first-order valence-corrected chi connectivity index (χ1v) is 9.89. The van der Waals surface area contributed by atoms with E-state index < -0.39 is 6.09 Å². The molecule has 0 aliphatic heterocycles. The second-order valence-electron chi connectivity index (χ2n) is 7.08. The van der Waals surface area contributed by atoms with Gasteiger partial charge in [0.05, 0.1) is 14.2 Å². The van der Waals surface area contributed by atoms with Gasteiger partial charge in [-0.1, -0.05) is 18.2 Å². The van der Waals surface area contributed by atoms with Crippen molar-refractivity contribution in [3.05, 3.63) is 48.5 Å². The molecule has 160 valence electrons. The van der Waals surface area contributed by atoms with Crippen LogP contribution in [0.1, 0.15) is 25.7 Å². The van der Waals surface area contributed by atoms with Crippen LogP contribution in [0.2, 0.25) is 0 Å². The zero-order valence-electron chi connectivity index (χ0n) is 17.1. The van der Waals surface area contributed by atoms with E-state index in [4.69, 9.17) is 14.2 Å². The number of benzene rings is 2. The first-order chi connectivity index (χ1) is 14.6. The van der Waals surface area contributed by atoms with E-state index in [1.807, 2.05) is 18.2 Å². The van der Waals surface area contributed by atoms with Crippen molar-refractivity contribution in [2.24, 2.45) is 0 Å². The van der Waals surface area contributed by atoms with Crippen molar-refractivity contribution in [3.63, 3.8) is 0 Å². The molecule has 8 heteroatoms. The first-order valence-electron chi connectivity index (χ1n) is 9.89. The van der Waals surface area contributed by atoms with E-state index in [1.165, 1.54) is 0 Å². The van der Waals surface area contributed by atoms with Gasteiger partial charge in [0.15, 0.2) is 0 Å². The molecule has 0 unspecified atom stereocenters. The van der Waals surface area contributed by atoms with Gasteiger partial charge in [-0.15, -0.1) is 0 Å². The fourth-order valence-corrected chi connectivity index (χ4v) is 3.44. The maximum Gasteiger partial charge on any atom is 0.411 e. The number of carbonyl (C=O) groups is 2. The number of anilines is 2. The van der Waals surface area contributed by atoms with E-state index in [-0.39, 0.29) is 18.2 Å². The molecule has 3 amide bonds. The lowest BCUT2D eigenvalue weighted by Gasteiger charge is -2.29. The van der Waals surface area contributed by atoms with Crippen LogP contribution >= 0.6 is 0 Å². The largest absolute Gasteiger partial charge is 0.497 e. The Balaban J connectivity index is 1.49. The zero-order chi connectivity index (χ0) is 21.3. The van der Waals surface area contributed by atoms with E-state index in [9.17, 15) is 9.59 Å². The SMILES string of the molecule is COc1cc(NC(=O)N[C@H]2CCC[C@H](OC(=O)Nc3ccccc3)C2)cc(OC)c1. The lowest BCUT2D eigenvalue weighted by molar-refractivity contribution is 0.0779. The predicted molar refractivity (Wildman–Crippen MR) is 114 cm³/mol. The average Bonchev–Trinajstić information content (AvgIpc) is 2.74. The summed E-state index contributed by atoms with van der Waals surface area (Å²) in [5, 5.41) is 8.46. The standard InChI is InChI=1S/C22H27N3O5/c1-28-19-12-17(13-20(14-19)29-2)24-21(26)23-16-9-6-10-18(11-16)30-22(27)25-15-7-4-3-5-8-15/h3-5,7-8,12-14,16,18H,6,9-11H2,1-2H3,(H,25,27)(H2,23,24,26)/t16-,18-/m0/s1. The number of ether oxygens (including phenoxy) is 3. The smallest absolute Gasteiger partial charge is 0.411 e. The average molecular weight is 413 g/mol. The summed E-state index contributed by atoms with van der Waals surface area (Å²) in [5.41, 5.74) is 1.25. The van der Waals surface area contributed by atoms with Crippen LogP contribution in [0.3, 0.4) is 0 Å². The molecular weight excluding hydrogens is 386 g/mol. The van der Waals surface area contributed by atoms with E-state index in [2.05, 4.69) is 16.0 Å². The minimum absolute atomic E-state index is 0.0826. The summed E-state index contributed by atoms with van der Waals surface area (Å²) in [7, 11) is 3.10. The fraction of sp³-hybridized carbons (Fsp3) is 0.364. The molecule has 3 rings (SSSR count). The van der Waals surface area contributed by atoms with Crippen molar-refractivity contribution in [2.75, 3.05) is 24.9 Å². The predicted octanol–water partition coefficient (Wildman–Crippen LogP) is 4.39. The lowest BCUT2D eigenvalue weighted by Crippen LogP contribution is -2.43. The summed E-state index contributed by atoms with van der Waals surface area (Å²) < 4.78 is 16.0. The van der Waals surface area contributed by atoms with Gasteiger partial charge in [-0.05, 0) is 31.4 Å². The molecule has 30 heavy (non-hydrogen) atoms. The van der Waals surface area contributed by atoms with Gasteiger partial charge in [0.1, 0.15) is 17.6 Å². The van der Waals surface area contributed by atoms with Gasteiger partial charge in [0.2, 0.25) is 0 Å². The molecule has 3 N–H and O–H groups in total.